The van der Waals surface area contributed by atoms with E-state index in [1.165, 1.54) is 57.8 Å². The molecular weight excluding hydrogens is 224 g/mol. The zero-order valence-electron chi connectivity index (χ0n) is 12.6. The fraction of sp³-hybridized carbons (Fsp3) is 1.00. The monoisotopic (exact) mass is 256 g/mol. The molecule has 2 nitrogen and oxygen atoms in total. The highest BCUT2D eigenvalue weighted by Gasteiger charge is 2.27. The molecule has 1 aliphatic heterocycles. The lowest BCUT2D eigenvalue weighted by Crippen LogP contribution is -2.19. The number of hydrogen-bond donors (Lipinski definition) is 0. The first kappa shape index (κ1) is 16.0. The topological polar surface area (TPSA) is 18.5 Å². The Morgan fingerprint density at radius 2 is 1.61 bits per heavy atom. The van der Waals surface area contributed by atoms with Crippen LogP contribution in [0.1, 0.15) is 78.6 Å². The van der Waals surface area contributed by atoms with E-state index < -0.39 is 0 Å². The Kier molecular flexibility index (Phi) is 8.70. The lowest BCUT2D eigenvalue weighted by atomic mass is 10.0. The van der Waals surface area contributed by atoms with E-state index in [0.29, 0.717) is 5.92 Å². The van der Waals surface area contributed by atoms with Gasteiger partial charge in [0.1, 0.15) is 0 Å². The largest absolute Gasteiger partial charge is 0.350 e. The molecule has 0 spiro atoms. The molecule has 2 heteroatoms. The molecule has 0 amide bonds. The second-order valence-electron chi connectivity index (χ2n) is 5.89. The summed E-state index contributed by atoms with van der Waals surface area (Å²) in [5, 5.41) is 0. The molecule has 0 aromatic carbocycles. The number of hydrogen-bond acceptors (Lipinski definition) is 2. The van der Waals surface area contributed by atoms with Gasteiger partial charge in [-0.3, -0.25) is 0 Å². The first-order valence-electron chi connectivity index (χ1n) is 8.01. The van der Waals surface area contributed by atoms with Crippen molar-refractivity contribution in [2.45, 2.75) is 91.0 Å². The van der Waals surface area contributed by atoms with Crippen LogP contribution in [-0.4, -0.2) is 19.0 Å². The van der Waals surface area contributed by atoms with Gasteiger partial charge in [0.15, 0.2) is 6.29 Å². The molecule has 0 N–H and O–H groups in total. The summed E-state index contributed by atoms with van der Waals surface area (Å²) < 4.78 is 11.4. The van der Waals surface area contributed by atoms with Gasteiger partial charge in [-0.1, -0.05) is 65.2 Å². The van der Waals surface area contributed by atoms with Gasteiger partial charge in [-0.15, -0.1) is 0 Å². The maximum atomic E-state index is 5.72. The average molecular weight is 256 g/mol. The summed E-state index contributed by atoms with van der Waals surface area (Å²) in [5.74, 6) is 0.551. The molecule has 108 valence electrons. The Bertz CT molecular complexity index is 194. The van der Waals surface area contributed by atoms with E-state index in [0.717, 1.165) is 6.61 Å². The molecule has 0 aromatic heterocycles. The third kappa shape index (κ3) is 6.75. The standard InChI is InChI=1S/C16H32O2/c1-4-5-6-7-8-9-10-11-12-14(2)16-17-13-15(3)18-16/h14-16H,4-13H2,1-3H3. The van der Waals surface area contributed by atoms with Crippen molar-refractivity contribution in [3.63, 3.8) is 0 Å². The Morgan fingerprint density at radius 1 is 1.00 bits per heavy atom. The van der Waals surface area contributed by atoms with Gasteiger partial charge in [-0.25, -0.2) is 0 Å². The molecule has 0 bridgehead atoms. The molecule has 18 heavy (non-hydrogen) atoms. The minimum atomic E-state index is 0.0598. The van der Waals surface area contributed by atoms with Gasteiger partial charge in [-0.05, 0) is 13.3 Å². The highest BCUT2D eigenvalue weighted by molar-refractivity contribution is 4.66. The van der Waals surface area contributed by atoms with Gasteiger partial charge >= 0.3 is 0 Å². The lowest BCUT2D eigenvalue weighted by molar-refractivity contribution is -0.0916. The van der Waals surface area contributed by atoms with Crippen LogP contribution in [0.25, 0.3) is 0 Å². The minimum Gasteiger partial charge on any atom is -0.350 e. The molecule has 0 saturated carbocycles. The van der Waals surface area contributed by atoms with Gasteiger partial charge in [-0.2, -0.15) is 0 Å². The molecule has 0 aliphatic carbocycles. The van der Waals surface area contributed by atoms with E-state index in [-0.39, 0.29) is 12.4 Å². The minimum absolute atomic E-state index is 0.0598. The van der Waals surface area contributed by atoms with Gasteiger partial charge in [0.25, 0.3) is 0 Å². The van der Waals surface area contributed by atoms with E-state index in [2.05, 4.69) is 20.8 Å². The molecule has 0 radical (unpaired) electrons. The molecule has 3 unspecified atom stereocenters. The molecule has 1 heterocycles. The van der Waals surface area contributed by atoms with Crippen molar-refractivity contribution in [3.8, 4) is 0 Å². The third-order valence-electron chi connectivity index (χ3n) is 3.84. The highest BCUT2D eigenvalue weighted by atomic mass is 16.7. The smallest absolute Gasteiger partial charge is 0.160 e. The summed E-state index contributed by atoms with van der Waals surface area (Å²) in [5.41, 5.74) is 0. The van der Waals surface area contributed by atoms with Crippen LogP contribution in [0.15, 0.2) is 0 Å². The van der Waals surface area contributed by atoms with Crippen molar-refractivity contribution in [2.24, 2.45) is 5.92 Å². The van der Waals surface area contributed by atoms with Crippen molar-refractivity contribution in [2.75, 3.05) is 6.61 Å². The molecule has 3 atom stereocenters. The first-order valence-corrected chi connectivity index (χ1v) is 8.01. The summed E-state index contributed by atoms with van der Waals surface area (Å²) in [6.45, 7) is 7.38. The Labute approximate surface area is 113 Å². The maximum Gasteiger partial charge on any atom is 0.160 e. The van der Waals surface area contributed by atoms with Gasteiger partial charge in [0.05, 0.1) is 12.7 Å². The highest BCUT2D eigenvalue weighted by Crippen LogP contribution is 2.23. The van der Waals surface area contributed by atoms with Crippen molar-refractivity contribution in [1.82, 2.24) is 0 Å². The van der Waals surface area contributed by atoms with Crippen LogP contribution >= 0.6 is 0 Å². The number of unbranched alkanes of at least 4 members (excludes halogenated alkanes) is 7. The molecule has 1 fully saturated rings. The predicted molar refractivity (Wildman–Crippen MR) is 76.7 cm³/mol. The van der Waals surface area contributed by atoms with E-state index in [1.54, 1.807) is 0 Å². The third-order valence-corrected chi connectivity index (χ3v) is 3.84. The summed E-state index contributed by atoms with van der Waals surface area (Å²) in [7, 11) is 0. The van der Waals surface area contributed by atoms with Gasteiger partial charge in [0.2, 0.25) is 0 Å². The second-order valence-corrected chi connectivity index (χ2v) is 5.89. The number of rotatable bonds is 10. The first-order chi connectivity index (χ1) is 8.74. The van der Waals surface area contributed by atoms with Gasteiger partial charge < -0.3 is 9.47 Å². The van der Waals surface area contributed by atoms with Crippen molar-refractivity contribution >= 4 is 0 Å². The molecular formula is C16H32O2. The van der Waals surface area contributed by atoms with Crippen LogP contribution in [-0.2, 0) is 9.47 Å². The Balaban J connectivity index is 1.88. The Morgan fingerprint density at radius 3 is 2.17 bits per heavy atom. The van der Waals surface area contributed by atoms with Crippen LogP contribution < -0.4 is 0 Å². The van der Waals surface area contributed by atoms with Crippen LogP contribution in [0.3, 0.4) is 0 Å². The molecule has 1 saturated heterocycles. The number of ether oxygens (including phenoxy) is 2. The Hall–Kier alpha value is -0.0800. The van der Waals surface area contributed by atoms with Crippen LogP contribution in [0.4, 0.5) is 0 Å². The van der Waals surface area contributed by atoms with Crippen molar-refractivity contribution in [3.05, 3.63) is 0 Å². The van der Waals surface area contributed by atoms with E-state index in [9.17, 15) is 0 Å². The van der Waals surface area contributed by atoms with Gasteiger partial charge in [0, 0.05) is 5.92 Å². The lowest BCUT2D eigenvalue weighted by Gasteiger charge is -2.18. The second kappa shape index (κ2) is 9.80. The van der Waals surface area contributed by atoms with Crippen LogP contribution in [0.5, 0.6) is 0 Å². The zero-order valence-corrected chi connectivity index (χ0v) is 12.6. The quantitative estimate of drug-likeness (QED) is 0.517. The predicted octanol–water partition coefficient (Wildman–Crippen LogP) is 4.91. The fourth-order valence-electron chi connectivity index (χ4n) is 2.57. The van der Waals surface area contributed by atoms with E-state index in [4.69, 9.17) is 9.47 Å². The summed E-state index contributed by atoms with van der Waals surface area (Å²) >= 11 is 0. The molecule has 1 aliphatic rings. The maximum absolute atomic E-state index is 5.72. The normalized spacial score (nSPS) is 25.5. The summed E-state index contributed by atoms with van der Waals surface area (Å²) in [4.78, 5) is 0. The van der Waals surface area contributed by atoms with Crippen molar-refractivity contribution in [1.29, 1.82) is 0 Å². The summed E-state index contributed by atoms with van der Waals surface area (Å²) in [6, 6.07) is 0. The van der Waals surface area contributed by atoms with Crippen LogP contribution in [0, 0.1) is 5.92 Å². The van der Waals surface area contributed by atoms with Crippen LogP contribution in [0.2, 0.25) is 0 Å². The SMILES string of the molecule is CCCCCCCCCCC(C)C1OCC(C)O1. The molecule has 1 rings (SSSR count). The molecule has 0 aromatic rings. The zero-order chi connectivity index (χ0) is 13.2. The van der Waals surface area contributed by atoms with Crippen molar-refractivity contribution < 1.29 is 9.47 Å². The average Bonchev–Trinajstić information content (AvgIpc) is 2.79. The fourth-order valence-corrected chi connectivity index (χ4v) is 2.57. The van der Waals surface area contributed by atoms with E-state index >= 15 is 0 Å². The van der Waals surface area contributed by atoms with E-state index in [1.807, 2.05) is 0 Å². The summed E-state index contributed by atoms with van der Waals surface area (Å²) in [6.07, 6.45) is 12.7.